The minimum Gasteiger partial charge on any atom is -0.371 e. The fourth-order valence-electron chi connectivity index (χ4n) is 3.76. The molecule has 2 N–H and O–H groups in total. The van der Waals surface area contributed by atoms with Gasteiger partial charge in [0.05, 0.1) is 26.8 Å². The van der Waals surface area contributed by atoms with E-state index in [-0.39, 0.29) is 16.4 Å². The van der Waals surface area contributed by atoms with Crippen molar-refractivity contribution < 1.29 is 8.78 Å². The molecule has 3 aromatic carbocycles. The highest BCUT2D eigenvalue weighted by Crippen LogP contribution is 2.36. The second-order valence-electron chi connectivity index (χ2n) is 8.02. The van der Waals surface area contributed by atoms with Gasteiger partial charge in [-0.3, -0.25) is 4.98 Å². The van der Waals surface area contributed by atoms with Crippen molar-refractivity contribution in [3.05, 3.63) is 106 Å². The van der Waals surface area contributed by atoms with Crippen LogP contribution in [0, 0.1) is 23.0 Å². The molecule has 6 nitrogen and oxygen atoms in total. The summed E-state index contributed by atoms with van der Waals surface area (Å²) >= 11 is 12.6. The van der Waals surface area contributed by atoms with Gasteiger partial charge in [-0.25, -0.2) is 18.8 Å². The Hall–Kier alpha value is -4.32. The number of halogens is 4. The van der Waals surface area contributed by atoms with Crippen LogP contribution in [0.3, 0.4) is 0 Å². The molecule has 0 aliphatic heterocycles. The van der Waals surface area contributed by atoms with Crippen LogP contribution >= 0.6 is 23.2 Å². The van der Waals surface area contributed by atoms with E-state index in [1.54, 1.807) is 36.5 Å². The highest BCUT2D eigenvalue weighted by Gasteiger charge is 2.20. The summed E-state index contributed by atoms with van der Waals surface area (Å²) in [6.07, 6.45) is 4.72. The summed E-state index contributed by atoms with van der Waals surface area (Å²) < 4.78 is 27.4. The topological polar surface area (TPSA) is 85.5 Å². The van der Waals surface area contributed by atoms with Crippen LogP contribution in [-0.4, -0.2) is 17.5 Å². The molecule has 0 aliphatic rings. The maximum Gasteiger partial charge on any atom is 0.154 e. The first-order chi connectivity index (χ1) is 18.3. The van der Waals surface area contributed by atoms with Crippen molar-refractivity contribution in [3.63, 3.8) is 0 Å². The number of amidine groups is 1. The highest BCUT2D eigenvalue weighted by molar-refractivity contribution is 6.36. The lowest BCUT2D eigenvalue weighted by molar-refractivity contribution is 0.627. The molecule has 0 fully saturated rings. The number of fused-ring (bicyclic) bond motifs is 1. The first-order valence-electron chi connectivity index (χ1n) is 11.3. The minimum absolute atomic E-state index is 0.0701. The Bertz CT molecular complexity index is 1610. The average molecular weight is 549 g/mol. The van der Waals surface area contributed by atoms with E-state index in [4.69, 9.17) is 23.2 Å². The number of pyridine rings is 1. The predicted molar refractivity (Wildman–Crippen MR) is 151 cm³/mol. The van der Waals surface area contributed by atoms with Crippen molar-refractivity contribution >= 4 is 63.7 Å². The monoisotopic (exact) mass is 548 g/mol. The summed E-state index contributed by atoms with van der Waals surface area (Å²) in [6, 6.07) is 15.0. The van der Waals surface area contributed by atoms with Crippen LogP contribution in [0.2, 0.25) is 10.0 Å². The van der Waals surface area contributed by atoms with Gasteiger partial charge >= 0.3 is 0 Å². The standard InChI is InChI=1S/C28H20Cl2F2N6/c1-3-10-35-28(34-2)26(16-4-6-18(31)7-5-16)38-20-11-21-25(37-19-8-9-24(32)22(29)12-19)17(14-33)15-36-27(21)23(30)13-20/h3-13,15,26,38H,2H2,1H3,(H,36,37)/b10-3-,35-28?. The predicted octanol–water partition coefficient (Wildman–Crippen LogP) is 8.22. The normalized spacial score (nSPS) is 12.4. The molecule has 190 valence electrons. The largest absolute Gasteiger partial charge is 0.371 e. The molecular formula is C28H20Cl2F2N6. The fraction of sp³-hybridized carbons (Fsp3) is 0.0714. The maximum absolute atomic E-state index is 13.7. The SMILES string of the molecule is C=NC(=N/C=C\C)C(Nc1cc(Cl)c2ncc(C#N)c(Nc3ccc(F)c(Cl)c3)c2c1)c1ccc(F)cc1. The molecule has 0 bridgehead atoms. The van der Waals surface area contributed by atoms with Gasteiger partial charge in [-0.15, -0.1) is 0 Å². The van der Waals surface area contributed by atoms with Gasteiger partial charge in [0.1, 0.15) is 23.7 Å². The molecule has 1 unspecified atom stereocenters. The fourth-order valence-corrected chi connectivity index (χ4v) is 4.21. The van der Waals surface area contributed by atoms with Crippen molar-refractivity contribution in [2.24, 2.45) is 9.98 Å². The minimum atomic E-state index is -0.614. The molecule has 0 amide bonds. The lowest BCUT2D eigenvalue weighted by Gasteiger charge is -2.21. The van der Waals surface area contributed by atoms with Gasteiger partial charge in [0.2, 0.25) is 0 Å². The van der Waals surface area contributed by atoms with Crippen molar-refractivity contribution in [2.45, 2.75) is 13.0 Å². The van der Waals surface area contributed by atoms with Gasteiger partial charge in [0.25, 0.3) is 0 Å². The number of anilines is 3. The first kappa shape index (κ1) is 26.7. The molecule has 10 heteroatoms. The third-order valence-corrected chi connectivity index (χ3v) is 6.10. The molecule has 1 atom stereocenters. The number of hydrogen-bond acceptors (Lipinski definition) is 5. The number of aromatic nitrogens is 1. The second-order valence-corrected chi connectivity index (χ2v) is 8.84. The molecule has 4 rings (SSSR count). The van der Waals surface area contributed by atoms with E-state index < -0.39 is 11.9 Å². The summed E-state index contributed by atoms with van der Waals surface area (Å²) in [6.45, 7) is 5.45. The van der Waals surface area contributed by atoms with Gasteiger partial charge < -0.3 is 10.6 Å². The summed E-state index contributed by atoms with van der Waals surface area (Å²) in [7, 11) is 0. The molecule has 0 saturated heterocycles. The smallest absolute Gasteiger partial charge is 0.154 e. The van der Waals surface area contributed by atoms with E-state index in [9.17, 15) is 14.0 Å². The van der Waals surface area contributed by atoms with Crippen LogP contribution in [0.5, 0.6) is 0 Å². The summed E-state index contributed by atoms with van der Waals surface area (Å²) in [4.78, 5) is 12.8. The zero-order valence-corrected chi connectivity index (χ0v) is 21.5. The molecular weight excluding hydrogens is 529 g/mol. The van der Waals surface area contributed by atoms with Crippen molar-refractivity contribution in [1.29, 1.82) is 5.26 Å². The third-order valence-electron chi connectivity index (χ3n) is 5.52. The molecule has 0 saturated carbocycles. The Morgan fingerprint density at radius 2 is 1.82 bits per heavy atom. The van der Waals surface area contributed by atoms with Gasteiger partial charge in [-0.05, 0) is 61.7 Å². The number of nitriles is 1. The number of hydrogen-bond donors (Lipinski definition) is 2. The van der Waals surface area contributed by atoms with Gasteiger partial charge in [-0.1, -0.05) is 41.4 Å². The number of aliphatic imine (C=N–C) groups is 2. The number of benzene rings is 3. The van der Waals surface area contributed by atoms with E-state index in [0.29, 0.717) is 44.4 Å². The van der Waals surface area contributed by atoms with Gasteiger partial charge in [-0.2, -0.15) is 5.26 Å². The molecule has 1 heterocycles. The lowest BCUT2D eigenvalue weighted by atomic mass is 10.0. The van der Waals surface area contributed by atoms with Crippen molar-refractivity contribution in [2.75, 3.05) is 10.6 Å². The van der Waals surface area contributed by atoms with Gasteiger partial charge in [0.15, 0.2) is 5.84 Å². The van der Waals surface area contributed by atoms with E-state index in [2.05, 4.69) is 38.4 Å². The second kappa shape index (κ2) is 11.8. The number of rotatable bonds is 7. The van der Waals surface area contributed by atoms with Gasteiger partial charge in [0, 0.05) is 29.2 Å². The van der Waals surface area contributed by atoms with Crippen molar-refractivity contribution in [1.82, 2.24) is 4.98 Å². The van der Waals surface area contributed by atoms with Crippen LogP contribution in [0.15, 0.2) is 83.1 Å². The third kappa shape index (κ3) is 5.80. The van der Waals surface area contributed by atoms with E-state index in [0.717, 1.165) is 0 Å². The Kier molecular flexibility index (Phi) is 8.31. The van der Waals surface area contributed by atoms with E-state index in [1.165, 1.54) is 36.5 Å². The molecule has 0 radical (unpaired) electrons. The molecule has 0 spiro atoms. The van der Waals surface area contributed by atoms with E-state index >= 15 is 0 Å². The molecule has 38 heavy (non-hydrogen) atoms. The first-order valence-corrected chi connectivity index (χ1v) is 12.0. The maximum atomic E-state index is 13.7. The van der Waals surface area contributed by atoms with Crippen LogP contribution in [-0.2, 0) is 0 Å². The Morgan fingerprint density at radius 1 is 1.08 bits per heavy atom. The summed E-state index contributed by atoms with van der Waals surface area (Å²) in [5.74, 6) is -0.606. The zero-order chi connectivity index (χ0) is 27.2. The zero-order valence-electron chi connectivity index (χ0n) is 20.0. The van der Waals surface area contributed by atoms with E-state index in [1.807, 2.05) is 6.92 Å². The average Bonchev–Trinajstić information content (AvgIpc) is 2.91. The lowest BCUT2D eigenvalue weighted by Crippen LogP contribution is -2.19. The van der Waals surface area contributed by atoms with Crippen LogP contribution < -0.4 is 10.6 Å². The number of nitrogens with one attached hydrogen (secondary N) is 2. The Balaban J connectivity index is 1.85. The molecule has 4 aromatic rings. The van der Waals surface area contributed by atoms with Crippen LogP contribution in [0.1, 0.15) is 24.1 Å². The number of allylic oxidation sites excluding steroid dienone is 1. The Labute approximate surface area is 228 Å². The number of nitrogens with zero attached hydrogens (tertiary/aromatic N) is 4. The van der Waals surface area contributed by atoms with Crippen LogP contribution in [0.4, 0.5) is 25.8 Å². The summed E-state index contributed by atoms with van der Waals surface area (Å²) in [5, 5.41) is 17.0. The highest BCUT2D eigenvalue weighted by atomic mass is 35.5. The Morgan fingerprint density at radius 3 is 2.47 bits per heavy atom. The van der Waals surface area contributed by atoms with Crippen molar-refractivity contribution in [3.8, 4) is 6.07 Å². The quantitative estimate of drug-likeness (QED) is 0.180. The molecule has 1 aromatic heterocycles. The van der Waals surface area contributed by atoms with Crippen LogP contribution in [0.25, 0.3) is 10.9 Å². The molecule has 0 aliphatic carbocycles. The summed E-state index contributed by atoms with van der Waals surface area (Å²) in [5.41, 5.74) is 2.79.